The molecule has 0 saturated heterocycles. The van der Waals surface area contributed by atoms with Crippen molar-refractivity contribution in [3.8, 4) is 0 Å². The zero-order valence-electron chi connectivity index (χ0n) is 19.7. The second kappa shape index (κ2) is 13.8. The second-order valence-corrected chi connectivity index (χ2v) is 8.31. The van der Waals surface area contributed by atoms with Gasteiger partial charge in [-0.3, -0.25) is 15.6 Å². The van der Waals surface area contributed by atoms with Crippen LogP contribution in [-0.4, -0.2) is 48.4 Å². The third-order valence-electron chi connectivity index (χ3n) is 4.12. The number of rotatable bonds is 10. The van der Waals surface area contributed by atoms with Gasteiger partial charge >= 0.3 is 12.2 Å². The molecule has 0 saturated carbocycles. The molecule has 34 heavy (non-hydrogen) atoms. The Hall–Kier alpha value is -3.63. The number of hydrogen-bond donors (Lipinski definition) is 3. The van der Waals surface area contributed by atoms with Gasteiger partial charge in [-0.1, -0.05) is 60.7 Å². The Morgan fingerprint density at radius 2 is 1.41 bits per heavy atom. The number of nitrogens with zero attached hydrogens (tertiary/aromatic N) is 1. The lowest BCUT2D eigenvalue weighted by Gasteiger charge is -2.25. The fraction of sp³-hybridized carbons (Fsp3) is 0.375. The molecule has 0 aliphatic heterocycles. The van der Waals surface area contributed by atoms with Crippen molar-refractivity contribution in [1.29, 1.82) is 0 Å². The fourth-order valence-corrected chi connectivity index (χ4v) is 2.64. The second-order valence-electron chi connectivity index (χ2n) is 8.31. The first-order chi connectivity index (χ1) is 16.2. The van der Waals surface area contributed by atoms with Crippen LogP contribution in [-0.2, 0) is 32.2 Å². The molecule has 10 heteroatoms. The summed E-state index contributed by atoms with van der Waals surface area (Å²) in [6, 6.07) is 18.8. The maximum absolute atomic E-state index is 12.3. The first kappa shape index (κ1) is 26.6. The van der Waals surface area contributed by atoms with Crippen LogP contribution in [0.3, 0.4) is 0 Å². The van der Waals surface area contributed by atoms with Crippen LogP contribution in [0, 0.1) is 0 Å². The van der Waals surface area contributed by atoms with E-state index in [1.165, 1.54) is 5.01 Å². The number of benzene rings is 2. The lowest BCUT2D eigenvalue weighted by atomic mass is 10.2. The summed E-state index contributed by atoms with van der Waals surface area (Å²) in [6.45, 7) is 5.85. The summed E-state index contributed by atoms with van der Waals surface area (Å²) >= 11 is 0. The van der Waals surface area contributed by atoms with Crippen LogP contribution in [0.1, 0.15) is 31.9 Å². The number of ether oxygens (including phenoxy) is 3. The zero-order chi connectivity index (χ0) is 24.8. The monoisotopic (exact) mass is 472 g/mol. The summed E-state index contributed by atoms with van der Waals surface area (Å²) in [7, 11) is 0. The van der Waals surface area contributed by atoms with Crippen molar-refractivity contribution in [2.75, 3.05) is 19.7 Å². The molecule has 184 valence electrons. The fourth-order valence-electron chi connectivity index (χ4n) is 2.64. The van der Waals surface area contributed by atoms with Gasteiger partial charge in [0.25, 0.3) is 5.91 Å². The molecule has 2 aromatic rings. The van der Waals surface area contributed by atoms with Crippen LogP contribution in [0.2, 0.25) is 0 Å². The van der Waals surface area contributed by atoms with Crippen molar-refractivity contribution >= 4 is 18.1 Å². The van der Waals surface area contributed by atoms with Crippen molar-refractivity contribution in [3.05, 3.63) is 71.8 Å². The average molecular weight is 473 g/mol. The Kier molecular flexibility index (Phi) is 10.8. The Bertz CT molecular complexity index is 903. The topological polar surface area (TPSA) is 118 Å². The van der Waals surface area contributed by atoms with Gasteiger partial charge in [-0.25, -0.2) is 20.0 Å². The zero-order valence-corrected chi connectivity index (χ0v) is 19.7. The van der Waals surface area contributed by atoms with Gasteiger partial charge in [-0.05, 0) is 31.9 Å². The van der Waals surface area contributed by atoms with E-state index in [2.05, 4.69) is 16.3 Å². The van der Waals surface area contributed by atoms with Crippen LogP contribution in [0.15, 0.2) is 60.7 Å². The minimum Gasteiger partial charge on any atom is -0.443 e. The van der Waals surface area contributed by atoms with Crippen LogP contribution in [0.25, 0.3) is 0 Å². The molecule has 0 aliphatic rings. The maximum atomic E-state index is 12.3. The smallest absolute Gasteiger partial charge is 0.426 e. The molecule has 10 nitrogen and oxygen atoms in total. The Labute approximate surface area is 199 Å². The van der Waals surface area contributed by atoms with Crippen molar-refractivity contribution in [1.82, 2.24) is 21.3 Å². The van der Waals surface area contributed by atoms with Gasteiger partial charge in [-0.2, -0.15) is 0 Å². The number of carbonyl (C=O) groups is 3. The normalized spacial score (nSPS) is 10.9. The molecule has 2 aromatic carbocycles. The highest BCUT2D eigenvalue weighted by Crippen LogP contribution is 2.07. The summed E-state index contributed by atoms with van der Waals surface area (Å²) in [5, 5.41) is 1.34. The van der Waals surface area contributed by atoms with Crippen LogP contribution in [0.5, 0.6) is 0 Å². The van der Waals surface area contributed by atoms with E-state index >= 15 is 0 Å². The molecule has 3 N–H and O–H groups in total. The molecular weight excluding hydrogens is 440 g/mol. The summed E-state index contributed by atoms with van der Waals surface area (Å²) in [5.74, 6) is -0.573. The van der Waals surface area contributed by atoms with Crippen molar-refractivity contribution < 1.29 is 28.6 Å². The van der Waals surface area contributed by atoms with Crippen LogP contribution < -0.4 is 16.3 Å². The van der Waals surface area contributed by atoms with E-state index in [0.717, 1.165) is 11.1 Å². The van der Waals surface area contributed by atoms with E-state index in [1.54, 1.807) is 20.8 Å². The first-order valence-corrected chi connectivity index (χ1v) is 10.8. The molecule has 0 aliphatic carbocycles. The minimum atomic E-state index is -0.810. The van der Waals surface area contributed by atoms with E-state index in [-0.39, 0.29) is 26.3 Å². The molecule has 0 unspecified atom stereocenters. The van der Waals surface area contributed by atoms with E-state index in [9.17, 15) is 14.4 Å². The molecular formula is C24H32N4O6. The van der Waals surface area contributed by atoms with Gasteiger partial charge < -0.3 is 14.2 Å². The number of carbonyl (C=O) groups excluding carboxylic acids is 3. The summed E-state index contributed by atoms with van der Waals surface area (Å²) < 4.78 is 15.9. The lowest BCUT2D eigenvalue weighted by molar-refractivity contribution is -0.124. The van der Waals surface area contributed by atoms with E-state index in [0.29, 0.717) is 6.61 Å². The SMILES string of the molecule is CC(C)(C)OC(=O)NN(CCOCc1ccccc1)CC(=O)NNC(=O)OCc1ccccc1. The highest BCUT2D eigenvalue weighted by atomic mass is 16.6. The maximum Gasteiger partial charge on any atom is 0.426 e. The van der Waals surface area contributed by atoms with Crippen molar-refractivity contribution in [2.45, 2.75) is 39.6 Å². The molecule has 3 amide bonds. The van der Waals surface area contributed by atoms with Gasteiger partial charge in [0.15, 0.2) is 0 Å². The first-order valence-electron chi connectivity index (χ1n) is 10.8. The summed E-state index contributed by atoms with van der Waals surface area (Å²) in [5.41, 5.74) is 8.06. The van der Waals surface area contributed by atoms with E-state index in [4.69, 9.17) is 14.2 Å². The molecule has 0 radical (unpaired) electrons. The number of nitrogens with one attached hydrogen (secondary N) is 3. The molecule has 0 atom stereocenters. The molecule has 0 bridgehead atoms. The predicted molar refractivity (Wildman–Crippen MR) is 125 cm³/mol. The van der Waals surface area contributed by atoms with Gasteiger partial charge in [0.05, 0.1) is 19.8 Å². The summed E-state index contributed by atoms with van der Waals surface area (Å²) in [6.07, 6.45) is -1.52. The molecule has 0 fully saturated rings. The van der Waals surface area contributed by atoms with Crippen LogP contribution >= 0.6 is 0 Å². The number of hydrazine groups is 2. The lowest BCUT2D eigenvalue weighted by Crippen LogP contribution is -2.52. The van der Waals surface area contributed by atoms with Gasteiger partial charge in [0.2, 0.25) is 0 Å². The van der Waals surface area contributed by atoms with Crippen molar-refractivity contribution in [3.63, 3.8) is 0 Å². The van der Waals surface area contributed by atoms with Crippen LogP contribution in [0.4, 0.5) is 9.59 Å². The third kappa shape index (κ3) is 11.8. The highest BCUT2D eigenvalue weighted by molar-refractivity contribution is 5.81. The minimum absolute atomic E-state index is 0.0631. The number of hydrogen-bond acceptors (Lipinski definition) is 7. The standard InChI is InChI=1S/C24H32N4O6/c1-24(2,3)34-23(31)27-28(14-15-32-17-19-10-6-4-7-11-19)16-21(29)25-26-22(30)33-18-20-12-8-5-9-13-20/h4-13H,14-18H2,1-3H3,(H,25,29)(H,26,30)(H,27,31). The quantitative estimate of drug-likeness (QED) is 0.359. The van der Waals surface area contributed by atoms with E-state index in [1.807, 2.05) is 60.7 Å². The largest absolute Gasteiger partial charge is 0.443 e. The van der Waals surface area contributed by atoms with Gasteiger partial charge in [0, 0.05) is 6.54 Å². The van der Waals surface area contributed by atoms with E-state index < -0.39 is 23.7 Å². The molecule has 0 heterocycles. The number of amides is 3. The highest BCUT2D eigenvalue weighted by Gasteiger charge is 2.20. The average Bonchev–Trinajstić information content (AvgIpc) is 2.79. The summed E-state index contributed by atoms with van der Waals surface area (Å²) in [4.78, 5) is 36.3. The molecule has 0 aromatic heterocycles. The van der Waals surface area contributed by atoms with Crippen molar-refractivity contribution in [2.24, 2.45) is 0 Å². The van der Waals surface area contributed by atoms with Gasteiger partial charge in [0.1, 0.15) is 12.2 Å². The Morgan fingerprint density at radius 1 is 0.824 bits per heavy atom. The third-order valence-corrected chi connectivity index (χ3v) is 4.12. The predicted octanol–water partition coefficient (Wildman–Crippen LogP) is 2.90. The molecule has 2 rings (SSSR count). The molecule has 0 spiro atoms. The Morgan fingerprint density at radius 3 is 2.00 bits per heavy atom. The van der Waals surface area contributed by atoms with Gasteiger partial charge in [-0.15, -0.1) is 0 Å². The Balaban J connectivity index is 1.78.